The zero-order valence-corrected chi connectivity index (χ0v) is 12.0. The molecule has 2 N–H and O–H groups in total. The summed E-state index contributed by atoms with van der Waals surface area (Å²) in [5.74, 6) is -2.51. The van der Waals surface area contributed by atoms with Crippen molar-refractivity contribution >= 4 is 11.6 Å². The molecule has 2 rings (SSSR count). The Bertz CT molecular complexity index is 656. The van der Waals surface area contributed by atoms with Gasteiger partial charge in [-0.3, -0.25) is 4.79 Å². The number of carbonyl (C=O) groups excluding carboxylic acids is 1. The number of rotatable bonds is 5. The lowest BCUT2D eigenvalue weighted by Gasteiger charge is -2.14. The summed E-state index contributed by atoms with van der Waals surface area (Å²) in [6.45, 7) is 0.426. The van der Waals surface area contributed by atoms with Crippen molar-refractivity contribution in [2.24, 2.45) is 0 Å². The molecule has 0 aliphatic carbocycles. The van der Waals surface area contributed by atoms with Crippen LogP contribution >= 0.6 is 0 Å². The molecule has 0 bridgehead atoms. The van der Waals surface area contributed by atoms with Crippen LogP contribution in [0.15, 0.2) is 42.5 Å². The minimum absolute atomic E-state index is 0.00425. The maximum absolute atomic E-state index is 13.4. The smallest absolute Gasteiger partial charge is 0.279 e. The van der Waals surface area contributed by atoms with Crippen LogP contribution in [0.25, 0.3) is 0 Å². The van der Waals surface area contributed by atoms with E-state index in [1.807, 2.05) is 0 Å². The molecule has 0 saturated carbocycles. The summed E-state index contributed by atoms with van der Waals surface area (Å²) in [6, 6.07) is 9.43. The van der Waals surface area contributed by atoms with E-state index in [9.17, 15) is 18.0 Å². The highest BCUT2D eigenvalue weighted by atomic mass is 19.1. The molecule has 0 spiro atoms. The number of anilines is 1. The number of hydrogen-bond donors (Lipinski definition) is 2. The lowest BCUT2D eigenvalue weighted by molar-refractivity contribution is -0.885. The zero-order chi connectivity index (χ0) is 16.1. The monoisotopic (exact) mass is 309 g/mol. The van der Waals surface area contributed by atoms with Gasteiger partial charge in [0.2, 0.25) is 0 Å². The number of quaternary nitrogens is 1. The fourth-order valence-corrected chi connectivity index (χ4v) is 2.13. The molecule has 0 aromatic heterocycles. The first-order valence-electron chi connectivity index (χ1n) is 6.75. The van der Waals surface area contributed by atoms with Crippen LogP contribution in [-0.2, 0) is 11.3 Å². The summed E-state index contributed by atoms with van der Waals surface area (Å²) in [5, 5.41) is 2.22. The minimum Gasteiger partial charge on any atom is -0.326 e. The van der Waals surface area contributed by atoms with E-state index < -0.39 is 23.2 Å². The van der Waals surface area contributed by atoms with Crippen LogP contribution in [0.3, 0.4) is 0 Å². The summed E-state index contributed by atoms with van der Waals surface area (Å²) in [7, 11) is 1.74. The average Bonchev–Trinajstić information content (AvgIpc) is 2.43. The van der Waals surface area contributed by atoms with Crippen LogP contribution in [0.1, 0.15) is 5.56 Å². The maximum atomic E-state index is 13.4. The SMILES string of the molecule is C[NH+](CC(=O)Nc1c(F)cccc1F)Cc1cccc(F)c1. The second-order valence-corrected chi connectivity index (χ2v) is 5.09. The van der Waals surface area contributed by atoms with Gasteiger partial charge in [0.1, 0.15) is 29.7 Å². The number of para-hydroxylation sites is 1. The second-order valence-electron chi connectivity index (χ2n) is 5.09. The van der Waals surface area contributed by atoms with Gasteiger partial charge in [0.15, 0.2) is 6.54 Å². The third kappa shape index (κ3) is 4.33. The van der Waals surface area contributed by atoms with E-state index >= 15 is 0 Å². The van der Waals surface area contributed by atoms with Crippen molar-refractivity contribution in [3.05, 3.63) is 65.5 Å². The lowest BCUT2D eigenvalue weighted by atomic mass is 10.2. The molecule has 22 heavy (non-hydrogen) atoms. The molecule has 6 heteroatoms. The van der Waals surface area contributed by atoms with Gasteiger partial charge in [-0.1, -0.05) is 18.2 Å². The first-order valence-corrected chi connectivity index (χ1v) is 6.75. The van der Waals surface area contributed by atoms with Gasteiger partial charge < -0.3 is 10.2 Å². The van der Waals surface area contributed by atoms with Crippen LogP contribution in [0.4, 0.5) is 18.9 Å². The normalized spacial score (nSPS) is 12.0. The Morgan fingerprint density at radius 3 is 2.36 bits per heavy atom. The summed E-state index contributed by atoms with van der Waals surface area (Å²) in [6.07, 6.45) is 0. The standard InChI is InChI=1S/C16H15F3N2O/c1-21(9-11-4-2-5-12(17)8-11)10-15(22)20-16-13(18)6-3-7-14(16)19/h2-8H,9-10H2,1H3,(H,20,22)/p+1. The summed E-state index contributed by atoms with van der Waals surface area (Å²) >= 11 is 0. The highest BCUT2D eigenvalue weighted by Gasteiger charge is 2.15. The van der Waals surface area contributed by atoms with Crippen molar-refractivity contribution in [1.82, 2.24) is 0 Å². The number of likely N-dealkylation sites (N-methyl/N-ethyl adjacent to an activating group) is 1. The molecule has 0 radical (unpaired) electrons. The Labute approximate surface area is 126 Å². The van der Waals surface area contributed by atoms with Crippen molar-refractivity contribution < 1.29 is 22.9 Å². The number of nitrogens with one attached hydrogen (secondary N) is 2. The molecule has 1 unspecified atom stereocenters. The third-order valence-corrected chi connectivity index (χ3v) is 3.08. The first kappa shape index (κ1) is 16.0. The molecule has 116 valence electrons. The minimum atomic E-state index is -0.823. The topological polar surface area (TPSA) is 33.5 Å². The van der Waals surface area contributed by atoms with Crippen molar-refractivity contribution in [3.8, 4) is 0 Å². The quantitative estimate of drug-likeness (QED) is 0.867. The molecule has 3 nitrogen and oxygen atoms in total. The highest BCUT2D eigenvalue weighted by Crippen LogP contribution is 2.17. The van der Waals surface area contributed by atoms with Crippen LogP contribution in [-0.4, -0.2) is 19.5 Å². The number of hydrogen-bond acceptors (Lipinski definition) is 1. The second kappa shape index (κ2) is 7.09. The molecule has 0 aliphatic heterocycles. The van der Waals surface area contributed by atoms with Gasteiger partial charge in [-0.15, -0.1) is 0 Å². The molecular formula is C16H16F3N2O+. The van der Waals surface area contributed by atoms with Gasteiger partial charge in [-0.2, -0.15) is 0 Å². The van der Waals surface area contributed by atoms with E-state index in [-0.39, 0.29) is 12.4 Å². The fourth-order valence-electron chi connectivity index (χ4n) is 2.13. The van der Waals surface area contributed by atoms with Crippen molar-refractivity contribution in [2.45, 2.75) is 6.54 Å². The molecule has 0 saturated heterocycles. The van der Waals surface area contributed by atoms with Gasteiger partial charge in [0.05, 0.1) is 7.05 Å². The van der Waals surface area contributed by atoms with E-state index in [2.05, 4.69) is 5.32 Å². The summed E-state index contributed by atoms with van der Waals surface area (Å²) in [4.78, 5) is 12.6. The number of halogens is 3. The third-order valence-electron chi connectivity index (χ3n) is 3.08. The molecule has 2 aromatic carbocycles. The van der Waals surface area contributed by atoms with Crippen LogP contribution < -0.4 is 10.2 Å². The first-order chi connectivity index (χ1) is 10.5. The van der Waals surface area contributed by atoms with E-state index in [4.69, 9.17) is 0 Å². The average molecular weight is 309 g/mol. The zero-order valence-electron chi connectivity index (χ0n) is 12.0. The Morgan fingerprint density at radius 2 is 1.73 bits per heavy atom. The predicted molar refractivity (Wildman–Crippen MR) is 76.8 cm³/mol. The Hall–Kier alpha value is -2.34. The van der Waals surface area contributed by atoms with E-state index in [0.29, 0.717) is 6.54 Å². The summed E-state index contributed by atoms with van der Waals surface area (Å²) < 4.78 is 40.0. The van der Waals surface area contributed by atoms with Crippen LogP contribution in [0.2, 0.25) is 0 Å². The predicted octanol–water partition coefficient (Wildman–Crippen LogP) is 1.76. The van der Waals surface area contributed by atoms with Crippen molar-refractivity contribution in [3.63, 3.8) is 0 Å². The lowest BCUT2D eigenvalue weighted by Crippen LogP contribution is -3.08. The maximum Gasteiger partial charge on any atom is 0.279 e. The van der Waals surface area contributed by atoms with Crippen LogP contribution in [0, 0.1) is 17.5 Å². The van der Waals surface area contributed by atoms with Gasteiger partial charge in [0.25, 0.3) is 5.91 Å². The molecular weight excluding hydrogens is 293 g/mol. The van der Waals surface area contributed by atoms with E-state index in [1.165, 1.54) is 18.2 Å². The molecule has 0 fully saturated rings. The summed E-state index contributed by atoms with van der Waals surface area (Å²) in [5.41, 5.74) is 0.286. The molecule has 0 aliphatic rings. The number of amides is 1. The van der Waals surface area contributed by atoms with Crippen molar-refractivity contribution in [2.75, 3.05) is 18.9 Å². The Morgan fingerprint density at radius 1 is 1.09 bits per heavy atom. The molecule has 0 heterocycles. The Kier molecular flexibility index (Phi) is 5.16. The Balaban J connectivity index is 1.94. The van der Waals surface area contributed by atoms with E-state index in [0.717, 1.165) is 22.6 Å². The highest BCUT2D eigenvalue weighted by molar-refractivity contribution is 5.91. The van der Waals surface area contributed by atoms with Gasteiger partial charge >= 0.3 is 0 Å². The largest absolute Gasteiger partial charge is 0.326 e. The molecule has 2 aromatic rings. The fraction of sp³-hybridized carbons (Fsp3) is 0.188. The molecule has 1 amide bonds. The van der Waals surface area contributed by atoms with Gasteiger partial charge in [-0.25, -0.2) is 13.2 Å². The van der Waals surface area contributed by atoms with Crippen LogP contribution in [0.5, 0.6) is 0 Å². The number of benzene rings is 2. The molecule has 1 atom stereocenters. The van der Waals surface area contributed by atoms with Gasteiger partial charge in [-0.05, 0) is 24.3 Å². The van der Waals surface area contributed by atoms with Crippen molar-refractivity contribution in [1.29, 1.82) is 0 Å². The number of carbonyl (C=O) groups is 1. The van der Waals surface area contributed by atoms with Gasteiger partial charge in [0, 0.05) is 5.56 Å². The van der Waals surface area contributed by atoms with E-state index in [1.54, 1.807) is 19.2 Å².